The minimum atomic E-state index is -0.0841. The van der Waals surface area contributed by atoms with Crippen molar-refractivity contribution in [1.82, 2.24) is 15.3 Å². The summed E-state index contributed by atoms with van der Waals surface area (Å²) in [4.78, 5) is 18.5. The molecule has 0 bridgehead atoms. The summed E-state index contributed by atoms with van der Waals surface area (Å²) in [5.41, 5.74) is 1.86. The number of nitrogens with one attached hydrogen (secondary N) is 2. The monoisotopic (exact) mass is 217 g/mol. The molecule has 0 saturated carbocycles. The Morgan fingerprint density at radius 2 is 2.44 bits per heavy atom. The van der Waals surface area contributed by atoms with Gasteiger partial charge in [0.1, 0.15) is 12.3 Å². The number of aromatic amines is 1. The fourth-order valence-electron chi connectivity index (χ4n) is 1.98. The summed E-state index contributed by atoms with van der Waals surface area (Å²) < 4.78 is 5.22. The van der Waals surface area contributed by atoms with Crippen LogP contribution < -0.4 is 5.32 Å². The van der Waals surface area contributed by atoms with Gasteiger partial charge in [0.25, 0.3) is 0 Å². The molecule has 2 aromatic rings. The Hall–Kier alpha value is -1.88. The number of fused-ring (bicyclic) bond motifs is 1. The third-order valence-electron chi connectivity index (χ3n) is 2.71. The molecule has 1 atom stereocenters. The molecule has 2 aromatic heterocycles. The second-order valence-corrected chi connectivity index (χ2v) is 3.78. The highest BCUT2D eigenvalue weighted by molar-refractivity contribution is 5.83. The highest BCUT2D eigenvalue weighted by Gasteiger charge is 2.22. The average Bonchev–Trinajstić information content (AvgIpc) is 2.72. The molecule has 3 rings (SSSR count). The molecule has 16 heavy (non-hydrogen) atoms. The van der Waals surface area contributed by atoms with E-state index in [1.807, 2.05) is 18.3 Å². The SMILES string of the molecule is O=C1COCC(c2c[nH]c3ncccc23)N1. The van der Waals surface area contributed by atoms with Crippen molar-refractivity contribution in [3.05, 3.63) is 30.1 Å². The lowest BCUT2D eigenvalue weighted by molar-refractivity contribution is -0.131. The van der Waals surface area contributed by atoms with Gasteiger partial charge in [-0.05, 0) is 12.1 Å². The van der Waals surface area contributed by atoms with Crippen LogP contribution in [0.15, 0.2) is 24.5 Å². The molecular weight excluding hydrogens is 206 g/mol. The lowest BCUT2D eigenvalue weighted by Gasteiger charge is -2.23. The lowest BCUT2D eigenvalue weighted by Crippen LogP contribution is -2.39. The van der Waals surface area contributed by atoms with E-state index in [1.54, 1.807) is 6.20 Å². The lowest BCUT2D eigenvalue weighted by atomic mass is 10.1. The van der Waals surface area contributed by atoms with Crippen molar-refractivity contribution in [2.45, 2.75) is 6.04 Å². The Bertz CT molecular complexity index is 535. The minimum absolute atomic E-state index is 0.0745. The predicted octanol–water partition coefficient (Wildman–Crippen LogP) is 0.750. The Morgan fingerprint density at radius 3 is 3.31 bits per heavy atom. The van der Waals surface area contributed by atoms with Gasteiger partial charge in [-0.1, -0.05) is 0 Å². The molecule has 1 saturated heterocycles. The molecule has 1 fully saturated rings. The Kier molecular flexibility index (Phi) is 2.11. The van der Waals surface area contributed by atoms with Crippen LogP contribution in [0.1, 0.15) is 11.6 Å². The first-order valence-electron chi connectivity index (χ1n) is 5.14. The van der Waals surface area contributed by atoms with E-state index in [2.05, 4.69) is 15.3 Å². The second-order valence-electron chi connectivity index (χ2n) is 3.78. The zero-order valence-corrected chi connectivity index (χ0v) is 8.56. The molecule has 5 heteroatoms. The summed E-state index contributed by atoms with van der Waals surface area (Å²) in [5, 5.41) is 3.93. The second kappa shape index (κ2) is 3.61. The van der Waals surface area contributed by atoms with E-state index >= 15 is 0 Å². The number of amides is 1. The first kappa shape index (κ1) is 9.35. The van der Waals surface area contributed by atoms with Gasteiger partial charge >= 0.3 is 0 Å². The van der Waals surface area contributed by atoms with Crippen LogP contribution in [0.25, 0.3) is 11.0 Å². The Labute approximate surface area is 91.8 Å². The number of carbonyl (C=O) groups is 1. The number of rotatable bonds is 1. The van der Waals surface area contributed by atoms with Crippen LogP contribution in [0.5, 0.6) is 0 Å². The zero-order valence-electron chi connectivity index (χ0n) is 8.56. The van der Waals surface area contributed by atoms with Crippen LogP contribution in [-0.4, -0.2) is 29.1 Å². The maximum atomic E-state index is 11.2. The predicted molar refractivity (Wildman–Crippen MR) is 57.8 cm³/mol. The van der Waals surface area contributed by atoms with Gasteiger partial charge in [-0.15, -0.1) is 0 Å². The number of carbonyl (C=O) groups excluding carboxylic acids is 1. The molecule has 1 amide bonds. The number of ether oxygens (including phenoxy) is 1. The number of pyridine rings is 1. The van der Waals surface area contributed by atoms with Gasteiger partial charge in [0.05, 0.1) is 12.6 Å². The molecule has 1 aliphatic heterocycles. The number of aromatic nitrogens is 2. The van der Waals surface area contributed by atoms with E-state index in [9.17, 15) is 4.79 Å². The average molecular weight is 217 g/mol. The van der Waals surface area contributed by atoms with Crippen LogP contribution in [0, 0.1) is 0 Å². The van der Waals surface area contributed by atoms with Gasteiger partial charge in [-0.2, -0.15) is 0 Å². The third kappa shape index (κ3) is 1.45. The molecule has 0 aliphatic carbocycles. The van der Waals surface area contributed by atoms with E-state index < -0.39 is 0 Å². The standard InChI is InChI=1S/C11H11N3O2/c15-10-6-16-5-9(14-10)8-4-13-11-7(8)2-1-3-12-11/h1-4,9H,5-6H2,(H,12,13)(H,14,15). The van der Waals surface area contributed by atoms with Crippen molar-refractivity contribution in [2.75, 3.05) is 13.2 Å². The molecule has 3 heterocycles. The maximum absolute atomic E-state index is 11.2. The van der Waals surface area contributed by atoms with Crippen molar-refractivity contribution < 1.29 is 9.53 Å². The van der Waals surface area contributed by atoms with E-state index in [1.165, 1.54) is 0 Å². The molecule has 82 valence electrons. The van der Waals surface area contributed by atoms with E-state index in [-0.39, 0.29) is 18.6 Å². The maximum Gasteiger partial charge on any atom is 0.246 e. The van der Waals surface area contributed by atoms with Crippen molar-refractivity contribution in [3.63, 3.8) is 0 Å². The van der Waals surface area contributed by atoms with E-state index in [0.29, 0.717) is 6.61 Å². The molecule has 0 aromatic carbocycles. The minimum Gasteiger partial charge on any atom is -0.369 e. The van der Waals surface area contributed by atoms with Gasteiger partial charge in [0.15, 0.2) is 0 Å². The summed E-state index contributed by atoms with van der Waals surface area (Å²) in [7, 11) is 0. The summed E-state index contributed by atoms with van der Waals surface area (Å²) in [6.45, 7) is 0.657. The number of hydrogen-bond acceptors (Lipinski definition) is 3. The molecule has 2 N–H and O–H groups in total. The molecular formula is C11H11N3O2. The van der Waals surface area contributed by atoms with Crippen molar-refractivity contribution in [2.24, 2.45) is 0 Å². The van der Waals surface area contributed by atoms with Gasteiger partial charge in [-0.3, -0.25) is 4.79 Å². The van der Waals surface area contributed by atoms with Crippen LogP contribution in [-0.2, 0) is 9.53 Å². The molecule has 1 unspecified atom stereocenters. The summed E-state index contributed by atoms with van der Waals surface area (Å²) in [6, 6.07) is 3.78. The van der Waals surface area contributed by atoms with Crippen LogP contribution in [0.4, 0.5) is 0 Å². The Morgan fingerprint density at radius 1 is 1.50 bits per heavy atom. The fourth-order valence-corrected chi connectivity index (χ4v) is 1.98. The highest BCUT2D eigenvalue weighted by Crippen LogP contribution is 2.24. The van der Waals surface area contributed by atoms with E-state index in [4.69, 9.17) is 4.74 Å². The van der Waals surface area contributed by atoms with Crippen LogP contribution in [0.2, 0.25) is 0 Å². The highest BCUT2D eigenvalue weighted by atomic mass is 16.5. The number of nitrogens with zero attached hydrogens (tertiary/aromatic N) is 1. The zero-order chi connectivity index (χ0) is 11.0. The van der Waals surface area contributed by atoms with Gasteiger partial charge < -0.3 is 15.0 Å². The quantitative estimate of drug-likeness (QED) is 0.740. The molecule has 5 nitrogen and oxygen atoms in total. The van der Waals surface area contributed by atoms with Crippen molar-refractivity contribution in [3.8, 4) is 0 Å². The van der Waals surface area contributed by atoms with Gasteiger partial charge in [0, 0.05) is 23.3 Å². The van der Waals surface area contributed by atoms with Crippen LogP contribution >= 0.6 is 0 Å². The van der Waals surface area contributed by atoms with Crippen LogP contribution in [0.3, 0.4) is 0 Å². The fraction of sp³-hybridized carbons (Fsp3) is 0.273. The molecule has 1 aliphatic rings. The molecule has 0 radical (unpaired) electrons. The van der Waals surface area contributed by atoms with Gasteiger partial charge in [0.2, 0.25) is 5.91 Å². The van der Waals surface area contributed by atoms with Crippen molar-refractivity contribution in [1.29, 1.82) is 0 Å². The summed E-state index contributed by atoms with van der Waals surface area (Å²) >= 11 is 0. The number of H-pyrrole nitrogens is 1. The van der Waals surface area contributed by atoms with Gasteiger partial charge in [-0.25, -0.2) is 4.98 Å². The van der Waals surface area contributed by atoms with Crippen molar-refractivity contribution >= 4 is 16.9 Å². The number of hydrogen-bond donors (Lipinski definition) is 2. The molecule has 0 spiro atoms. The third-order valence-corrected chi connectivity index (χ3v) is 2.71. The largest absolute Gasteiger partial charge is 0.369 e. The first-order valence-corrected chi connectivity index (χ1v) is 5.14. The van der Waals surface area contributed by atoms with E-state index in [0.717, 1.165) is 16.6 Å². The first-order chi connectivity index (χ1) is 7.84. The summed E-state index contributed by atoms with van der Waals surface area (Å²) in [5.74, 6) is -0.0745. The normalized spacial score (nSPS) is 21.0. The topological polar surface area (TPSA) is 67.0 Å². The number of morpholine rings is 1. The summed E-state index contributed by atoms with van der Waals surface area (Å²) in [6.07, 6.45) is 3.61. The Balaban J connectivity index is 2.02. The smallest absolute Gasteiger partial charge is 0.246 e.